The molecular weight excluding hydrogens is 444 g/mol. The fraction of sp³-hybridized carbons (Fsp3) is 0.606. The molecule has 0 aromatic heterocycles. The Bertz CT molecular complexity index is 1030. The number of hydrogen-bond donors (Lipinski definition) is 0. The molecule has 4 aliphatic rings. The molecule has 0 saturated heterocycles. The summed E-state index contributed by atoms with van der Waals surface area (Å²) in [6.07, 6.45) is 4.00. The Morgan fingerprint density at radius 1 is 0.694 bits per heavy atom. The highest BCUT2D eigenvalue weighted by atomic mass is 16.5. The van der Waals surface area contributed by atoms with Crippen LogP contribution in [0.5, 0.6) is 5.75 Å². The first-order valence-electron chi connectivity index (χ1n) is 14.2. The van der Waals surface area contributed by atoms with Crippen LogP contribution in [0.15, 0.2) is 54.6 Å². The first-order chi connectivity index (χ1) is 17.3. The first-order valence-corrected chi connectivity index (χ1v) is 14.2. The van der Waals surface area contributed by atoms with Gasteiger partial charge in [0.2, 0.25) is 0 Å². The van der Waals surface area contributed by atoms with Gasteiger partial charge >= 0.3 is 5.97 Å². The minimum absolute atomic E-state index is 0.114. The Morgan fingerprint density at radius 2 is 1.25 bits per heavy atom. The van der Waals surface area contributed by atoms with Crippen molar-refractivity contribution >= 4 is 5.97 Å². The van der Waals surface area contributed by atoms with Crippen molar-refractivity contribution in [3.8, 4) is 5.75 Å². The molecule has 0 radical (unpaired) electrons. The zero-order valence-electron chi connectivity index (χ0n) is 22.9. The quantitative estimate of drug-likeness (QED) is 0.413. The Kier molecular flexibility index (Phi) is 7.21. The molecule has 0 spiro atoms. The van der Waals surface area contributed by atoms with Gasteiger partial charge in [-0.05, 0) is 102 Å². The van der Waals surface area contributed by atoms with Gasteiger partial charge in [-0.25, -0.2) is 0 Å². The molecule has 2 aromatic carbocycles. The monoisotopic (exact) mass is 488 g/mol. The largest absolute Gasteiger partial charge is 0.497 e. The van der Waals surface area contributed by atoms with E-state index < -0.39 is 0 Å². The average molecular weight is 489 g/mol. The molecule has 6 rings (SSSR count). The van der Waals surface area contributed by atoms with Gasteiger partial charge in [-0.3, -0.25) is 4.79 Å². The van der Waals surface area contributed by atoms with E-state index in [9.17, 15) is 4.79 Å². The number of esters is 1. The van der Waals surface area contributed by atoms with Gasteiger partial charge in [0.15, 0.2) is 0 Å². The molecule has 3 nitrogen and oxygen atoms in total. The highest BCUT2D eigenvalue weighted by Gasteiger charge is 2.55. The van der Waals surface area contributed by atoms with Gasteiger partial charge in [0, 0.05) is 6.92 Å². The summed E-state index contributed by atoms with van der Waals surface area (Å²) in [5, 5.41) is 0. The summed E-state index contributed by atoms with van der Waals surface area (Å²) in [6.45, 7) is 11.1. The van der Waals surface area contributed by atoms with Gasteiger partial charge in [0.1, 0.15) is 11.9 Å². The van der Waals surface area contributed by atoms with Crippen LogP contribution in [0.1, 0.15) is 76.8 Å². The lowest BCUT2D eigenvalue weighted by atomic mass is 9.65. The van der Waals surface area contributed by atoms with Crippen LogP contribution >= 0.6 is 0 Å². The van der Waals surface area contributed by atoms with Gasteiger partial charge in [-0.1, -0.05) is 70.2 Å². The van der Waals surface area contributed by atoms with E-state index in [1.807, 2.05) is 0 Å². The highest BCUT2D eigenvalue weighted by Crippen LogP contribution is 2.65. The lowest BCUT2D eigenvalue weighted by Crippen LogP contribution is -2.31. The zero-order chi connectivity index (χ0) is 25.6. The first kappa shape index (κ1) is 25.4. The molecule has 36 heavy (non-hydrogen) atoms. The van der Waals surface area contributed by atoms with Crippen molar-refractivity contribution in [3.63, 3.8) is 0 Å². The van der Waals surface area contributed by atoms with Crippen molar-refractivity contribution in [3.05, 3.63) is 65.7 Å². The SMILES string of the molecule is CC(=O)OC1CC2CC1C(C)C2C.COc1ccc(C2C3CC(C(C)C3C)C2c2ccccc2)cc1. The molecule has 4 aliphatic carbocycles. The standard InChI is InChI=1S/C22H26O.C11H18O2/c1-14-15(2)20-13-19(14)21(16-7-5-4-6-8-16)22(20)17-9-11-18(23-3)12-10-17;1-6-7(2)10-4-9(6)5-11(10)13-8(3)12/h4-12,14-15,19-22H,13H2,1-3H3;6-7,9-11H,4-5H2,1-3H3. The molecule has 194 valence electrons. The molecule has 0 heterocycles. The summed E-state index contributed by atoms with van der Waals surface area (Å²) in [5.74, 6) is 8.48. The molecule has 0 N–H and O–H groups in total. The van der Waals surface area contributed by atoms with E-state index in [-0.39, 0.29) is 12.1 Å². The molecule has 3 heteroatoms. The van der Waals surface area contributed by atoms with E-state index in [1.165, 1.54) is 30.9 Å². The van der Waals surface area contributed by atoms with E-state index in [0.717, 1.165) is 53.6 Å². The number of carbonyl (C=O) groups excluding carboxylic acids is 1. The fourth-order valence-electron chi connectivity index (χ4n) is 8.63. The summed E-state index contributed by atoms with van der Waals surface area (Å²) in [7, 11) is 1.74. The maximum atomic E-state index is 10.8. The summed E-state index contributed by atoms with van der Waals surface area (Å²) >= 11 is 0. The maximum absolute atomic E-state index is 10.8. The van der Waals surface area contributed by atoms with Crippen LogP contribution in [-0.2, 0) is 9.53 Å². The summed E-state index contributed by atoms with van der Waals surface area (Å²) in [6, 6.07) is 20.0. The van der Waals surface area contributed by atoms with Crippen molar-refractivity contribution in [2.24, 2.45) is 47.3 Å². The normalized spacial score (nSPS) is 40.0. The molecule has 11 unspecified atom stereocenters. The summed E-state index contributed by atoms with van der Waals surface area (Å²) in [5.41, 5.74) is 3.02. The Labute approximate surface area is 218 Å². The molecule has 0 amide bonds. The second-order valence-electron chi connectivity index (χ2n) is 12.3. The minimum atomic E-state index is -0.114. The second kappa shape index (κ2) is 10.2. The Morgan fingerprint density at radius 3 is 1.75 bits per heavy atom. The van der Waals surface area contributed by atoms with Gasteiger partial charge in [0.25, 0.3) is 0 Å². The smallest absolute Gasteiger partial charge is 0.302 e. The predicted octanol–water partition coefficient (Wildman–Crippen LogP) is 7.71. The topological polar surface area (TPSA) is 35.5 Å². The fourth-order valence-corrected chi connectivity index (χ4v) is 8.63. The van der Waals surface area contributed by atoms with Gasteiger partial charge in [-0.15, -0.1) is 0 Å². The van der Waals surface area contributed by atoms with Crippen molar-refractivity contribution in [1.29, 1.82) is 0 Å². The van der Waals surface area contributed by atoms with Crippen LogP contribution in [0, 0.1) is 47.3 Å². The summed E-state index contributed by atoms with van der Waals surface area (Å²) in [4.78, 5) is 10.8. The Balaban J connectivity index is 0.000000174. The van der Waals surface area contributed by atoms with Crippen LogP contribution in [0.3, 0.4) is 0 Å². The van der Waals surface area contributed by atoms with Gasteiger partial charge in [-0.2, -0.15) is 0 Å². The van der Waals surface area contributed by atoms with Crippen molar-refractivity contribution in [2.45, 2.75) is 71.8 Å². The van der Waals surface area contributed by atoms with Crippen molar-refractivity contribution in [2.75, 3.05) is 7.11 Å². The predicted molar refractivity (Wildman–Crippen MR) is 145 cm³/mol. The number of ether oxygens (including phenoxy) is 2. The van der Waals surface area contributed by atoms with Crippen LogP contribution in [0.4, 0.5) is 0 Å². The van der Waals surface area contributed by atoms with E-state index in [4.69, 9.17) is 9.47 Å². The minimum Gasteiger partial charge on any atom is -0.497 e. The number of fused-ring (bicyclic) bond motifs is 4. The third-order valence-corrected chi connectivity index (χ3v) is 10.9. The van der Waals surface area contributed by atoms with Gasteiger partial charge in [0.05, 0.1) is 7.11 Å². The van der Waals surface area contributed by atoms with E-state index in [0.29, 0.717) is 17.8 Å². The third kappa shape index (κ3) is 4.48. The van der Waals surface area contributed by atoms with E-state index >= 15 is 0 Å². The average Bonchev–Trinajstić information content (AvgIpc) is 3.62. The van der Waals surface area contributed by atoms with E-state index in [1.54, 1.807) is 7.11 Å². The van der Waals surface area contributed by atoms with Crippen molar-refractivity contribution < 1.29 is 14.3 Å². The van der Waals surface area contributed by atoms with Crippen molar-refractivity contribution in [1.82, 2.24) is 0 Å². The molecule has 4 saturated carbocycles. The van der Waals surface area contributed by atoms with Crippen LogP contribution < -0.4 is 4.74 Å². The lowest BCUT2D eigenvalue weighted by Gasteiger charge is -2.39. The number of benzene rings is 2. The highest BCUT2D eigenvalue weighted by molar-refractivity contribution is 5.66. The molecule has 4 bridgehead atoms. The molecule has 0 aliphatic heterocycles. The number of hydrogen-bond acceptors (Lipinski definition) is 3. The molecule has 11 atom stereocenters. The molecule has 2 aromatic rings. The van der Waals surface area contributed by atoms with Crippen LogP contribution in [0.25, 0.3) is 0 Å². The number of carbonyl (C=O) groups is 1. The zero-order valence-corrected chi connectivity index (χ0v) is 22.9. The second-order valence-corrected chi connectivity index (χ2v) is 12.3. The molecule has 4 fully saturated rings. The maximum Gasteiger partial charge on any atom is 0.302 e. The van der Waals surface area contributed by atoms with Crippen LogP contribution in [-0.4, -0.2) is 19.2 Å². The molecular formula is C33H44O3. The third-order valence-electron chi connectivity index (χ3n) is 10.9. The van der Waals surface area contributed by atoms with Crippen LogP contribution in [0.2, 0.25) is 0 Å². The number of rotatable bonds is 4. The lowest BCUT2D eigenvalue weighted by molar-refractivity contribution is -0.150. The Hall–Kier alpha value is -2.29. The number of methoxy groups -OCH3 is 1. The van der Waals surface area contributed by atoms with Gasteiger partial charge < -0.3 is 9.47 Å². The van der Waals surface area contributed by atoms with E-state index in [2.05, 4.69) is 82.3 Å². The summed E-state index contributed by atoms with van der Waals surface area (Å²) < 4.78 is 10.7.